The second-order valence-electron chi connectivity index (χ2n) is 13.3. The van der Waals surface area contributed by atoms with E-state index >= 15 is 0 Å². The molecular weight excluding hydrogens is 616 g/mol. The number of nitrogens with one attached hydrogen (secondary N) is 1. The fraction of sp³-hybridized carbons (Fsp3) is 0.611. The van der Waals surface area contributed by atoms with E-state index in [4.69, 9.17) is 14.2 Å². The SMILES string of the molecule is O=C1CC/C=C\CN(CCN2CCOCC2)C(=O)[C@H]2N(CCCCCCO)C(=O)[C@@H]3[C@@H](C(=O)O[C@@H](c4ccccc4)CN1)[C@H]1C=C[C@]32O1. The number of ether oxygens (including phenoxy) is 3. The van der Waals surface area contributed by atoms with Crippen LogP contribution in [0.15, 0.2) is 54.6 Å². The van der Waals surface area contributed by atoms with Crippen LogP contribution in [-0.4, -0.2) is 127 Å². The summed E-state index contributed by atoms with van der Waals surface area (Å²) in [6.07, 6.45) is 9.66. The minimum atomic E-state index is -1.29. The van der Waals surface area contributed by atoms with Gasteiger partial charge in [0.05, 0.1) is 31.8 Å². The maximum Gasteiger partial charge on any atom is 0.313 e. The molecule has 0 aliphatic carbocycles. The van der Waals surface area contributed by atoms with Gasteiger partial charge in [0.1, 0.15) is 23.7 Å². The number of carbonyl (C=O) groups excluding carboxylic acids is 4. The van der Waals surface area contributed by atoms with E-state index in [9.17, 15) is 24.3 Å². The van der Waals surface area contributed by atoms with Crippen molar-refractivity contribution in [1.82, 2.24) is 20.0 Å². The summed E-state index contributed by atoms with van der Waals surface area (Å²) in [5, 5.41) is 12.2. The molecular formula is C36H48N4O8. The number of cyclic esters (lactones) is 1. The van der Waals surface area contributed by atoms with Crippen molar-refractivity contribution in [1.29, 1.82) is 0 Å². The molecule has 2 N–H and O–H groups in total. The first-order valence-corrected chi connectivity index (χ1v) is 17.5. The summed E-state index contributed by atoms with van der Waals surface area (Å²) < 4.78 is 18.2. The van der Waals surface area contributed by atoms with Crippen LogP contribution in [0, 0.1) is 11.8 Å². The number of hydrogen-bond acceptors (Lipinski definition) is 9. The highest BCUT2D eigenvalue weighted by atomic mass is 16.6. The highest BCUT2D eigenvalue weighted by Crippen LogP contribution is 2.56. The molecule has 6 atom stereocenters. The number of allylic oxidation sites excluding steroid dienone is 1. The fourth-order valence-corrected chi connectivity index (χ4v) is 7.70. The molecule has 1 aromatic carbocycles. The molecule has 260 valence electrons. The Balaban J connectivity index is 1.33. The second-order valence-corrected chi connectivity index (χ2v) is 13.3. The van der Waals surface area contributed by atoms with Crippen LogP contribution in [-0.2, 0) is 33.4 Å². The molecule has 1 spiro atoms. The van der Waals surface area contributed by atoms with E-state index in [1.807, 2.05) is 48.6 Å². The zero-order valence-corrected chi connectivity index (χ0v) is 27.5. The average Bonchev–Trinajstić information content (AvgIpc) is 3.75. The van der Waals surface area contributed by atoms with Crippen molar-refractivity contribution in [2.45, 2.75) is 62.4 Å². The van der Waals surface area contributed by atoms with Gasteiger partial charge in [-0.15, -0.1) is 0 Å². The average molecular weight is 665 g/mol. The Labute approximate surface area is 282 Å². The number of carbonyl (C=O) groups is 4. The monoisotopic (exact) mass is 664 g/mol. The molecule has 5 heterocycles. The summed E-state index contributed by atoms with van der Waals surface area (Å²) in [6.45, 7) is 4.79. The Hall–Kier alpha value is -3.58. The molecule has 0 radical (unpaired) electrons. The first-order chi connectivity index (χ1) is 23.4. The molecule has 0 unspecified atom stereocenters. The zero-order valence-electron chi connectivity index (χ0n) is 27.5. The van der Waals surface area contributed by atoms with Gasteiger partial charge in [-0.1, -0.05) is 67.5 Å². The minimum absolute atomic E-state index is 0.0898. The molecule has 12 heteroatoms. The van der Waals surface area contributed by atoms with Gasteiger partial charge in [0.25, 0.3) is 0 Å². The number of nitrogens with zero attached hydrogens (tertiary/aromatic N) is 3. The van der Waals surface area contributed by atoms with Crippen LogP contribution < -0.4 is 5.32 Å². The van der Waals surface area contributed by atoms with Crippen LogP contribution >= 0.6 is 0 Å². The zero-order chi connectivity index (χ0) is 33.5. The van der Waals surface area contributed by atoms with Crippen LogP contribution in [0.3, 0.4) is 0 Å². The van der Waals surface area contributed by atoms with Crippen molar-refractivity contribution >= 4 is 23.7 Å². The number of benzene rings is 1. The first kappa shape index (κ1) is 34.3. The van der Waals surface area contributed by atoms with E-state index in [-0.39, 0.29) is 37.3 Å². The molecule has 1 aromatic rings. The quantitative estimate of drug-likeness (QED) is 0.217. The first-order valence-electron chi connectivity index (χ1n) is 17.5. The highest BCUT2D eigenvalue weighted by molar-refractivity contribution is 5.99. The molecule has 5 bridgehead atoms. The van der Waals surface area contributed by atoms with E-state index in [1.54, 1.807) is 15.9 Å². The summed E-state index contributed by atoms with van der Waals surface area (Å²) in [4.78, 5) is 61.8. The molecule has 48 heavy (non-hydrogen) atoms. The molecule has 0 aromatic heterocycles. The maximum atomic E-state index is 14.8. The van der Waals surface area contributed by atoms with Crippen molar-refractivity contribution in [3.8, 4) is 0 Å². The molecule has 3 saturated heterocycles. The van der Waals surface area contributed by atoms with Crippen molar-refractivity contribution in [2.24, 2.45) is 11.8 Å². The van der Waals surface area contributed by atoms with Crippen LogP contribution in [0.5, 0.6) is 0 Å². The number of esters is 1. The van der Waals surface area contributed by atoms with Crippen LogP contribution in [0.4, 0.5) is 0 Å². The van der Waals surface area contributed by atoms with Gasteiger partial charge in [0.15, 0.2) is 0 Å². The van der Waals surface area contributed by atoms with Gasteiger partial charge in [0.2, 0.25) is 17.7 Å². The van der Waals surface area contributed by atoms with E-state index in [1.165, 1.54) is 0 Å². The van der Waals surface area contributed by atoms with Crippen LogP contribution in [0.2, 0.25) is 0 Å². The van der Waals surface area contributed by atoms with Gasteiger partial charge in [-0.05, 0) is 24.8 Å². The summed E-state index contributed by atoms with van der Waals surface area (Å²) in [5.74, 6) is -3.10. The maximum absolute atomic E-state index is 14.8. The summed E-state index contributed by atoms with van der Waals surface area (Å²) >= 11 is 0. The normalized spacial score (nSPS) is 32.0. The van der Waals surface area contributed by atoms with Crippen LogP contribution in [0.1, 0.15) is 50.2 Å². The van der Waals surface area contributed by atoms with Gasteiger partial charge >= 0.3 is 5.97 Å². The van der Waals surface area contributed by atoms with Gasteiger partial charge < -0.3 is 34.4 Å². The molecule has 5 aliphatic heterocycles. The van der Waals surface area contributed by atoms with E-state index in [0.717, 1.165) is 31.5 Å². The number of unbranched alkanes of at least 4 members (excludes halogenated alkanes) is 3. The Bertz CT molecular complexity index is 1360. The van der Waals surface area contributed by atoms with Crippen molar-refractivity contribution in [3.63, 3.8) is 0 Å². The number of fused-ring (bicyclic) bond motifs is 2. The second kappa shape index (κ2) is 15.8. The lowest BCUT2D eigenvalue weighted by molar-refractivity contribution is -0.159. The number of rotatable bonds is 10. The third-order valence-electron chi connectivity index (χ3n) is 10.2. The molecule has 5 aliphatic rings. The van der Waals surface area contributed by atoms with E-state index in [0.29, 0.717) is 58.7 Å². The molecule has 12 nitrogen and oxygen atoms in total. The molecule has 3 fully saturated rings. The van der Waals surface area contributed by atoms with Gasteiger partial charge in [-0.3, -0.25) is 24.1 Å². The Morgan fingerprint density at radius 3 is 2.50 bits per heavy atom. The third-order valence-corrected chi connectivity index (χ3v) is 10.2. The predicted molar refractivity (Wildman–Crippen MR) is 175 cm³/mol. The molecule has 6 rings (SSSR count). The molecule has 3 amide bonds. The number of hydrogen-bond donors (Lipinski definition) is 2. The lowest BCUT2D eigenvalue weighted by Gasteiger charge is -2.37. The predicted octanol–water partition coefficient (Wildman–Crippen LogP) is 1.60. The van der Waals surface area contributed by atoms with Gasteiger partial charge in [-0.25, -0.2) is 0 Å². The largest absolute Gasteiger partial charge is 0.455 e. The van der Waals surface area contributed by atoms with Gasteiger partial charge in [-0.2, -0.15) is 0 Å². The summed E-state index contributed by atoms with van der Waals surface area (Å²) in [5.41, 5.74) is -0.566. The Kier molecular flexibility index (Phi) is 11.3. The van der Waals surface area contributed by atoms with Gasteiger partial charge in [0, 0.05) is 52.3 Å². The Morgan fingerprint density at radius 2 is 1.71 bits per heavy atom. The van der Waals surface area contributed by atoms with Crippen molar-refractivity contribution in [2.75, 3.05) is 65.6 Å². The summed E-state index contributed by atoms with van der Waals surface area (Å²) in [6, 6.07) is 8.30. The lowest BCUT2D eigenvalue weighted by atomic mass is 9.74. The third kappa shape index (κ3) is 7.22. The number of aliphatic hydroxyl groups is 1. The lowest BCUT2D eigenvalue weighted by Crippen LogP contribution is -2.57. The number of likely N-dealkylation sites (tertiary alicyclic amines) is 1. The Morgan fingerprint density at radius 1 is 0.917 bits per heavy atom. The fourth-order valence-electron chi connectivity index (χ4n) is 7.70. The smallest absolute Gasteiger partial charge is 0.313 e. The summed E-state index contributed by atoms with van der Waals surface area (Å²) in [7, 11) is 0. The van der Waals surface area contributed by atoms with Crippen molar-refractivity contribution in [3.05, 3.63) is 60.2 Å². The number of morpholine rings is 1. The van der Waals surface area contributed by atoms with E-state index < -0.39 is 41.7 Å². The highest BCUT2D eigenvalue weighted by Gasteiger charge is 2.73. The number of aliphatic hydroxyl groups excluding tert-OH is 1. The molecule has 0 saturated carbocycles. The van der Waals surface area contributed by atoms with Crippen molar-refractivity contribution < 1.29 is 38.5 Å². The minimum Gasteiger partial charge on any atom is -0.455 e. The van der Waals surface area contributed by atoms with E-state index in [2.05, 4.69) is 10.2 Å². The number of amides is 3. The van der Waals surface area contributed by atoms with Crippen LogP contribution in [0.25, 0.3) is 0 Å². The standard InChI is InChI=1S/C36H48N4O8/c41-22-10-2-1-9-17-40-32-34(44)39(19-18-38-20-23-46-24-21-38)16-8-4-7-13-29(42)37-25-28(26-11-5-3-6-12-26)47-35(45)30-27-14-15-36(32,48-27)31(30)33(40)43/h3-6,8,11-12,14-15,27-28,30-32,41H,1-2,7,9-10,13,16-25H2,(H,37,42)/b8-4-/t27-,28-,30+,31+,32-,36+/m1/s1. The topological polar surface area (TPSA) is 138 Å².